The van der Waals surface area contributed by atoms with Crippen LogP contribution in [0.15, 0.2) is 10.7 Å². The summed E-state index contributed by atoms with van der Waals surface area (Å²) in [5.41, 5.74) is -2.84. The summed E-state index contributed by atoms with van der Waals surface area (Å²) >= 11 is 2.55. The Bertz CT molecular complexity index is 378. The van der Waals surface area contributed by atoms with Gasteiger partial charge in [-0.15, -0.1) is 0 Å². The van der Waals surface area contributed by atoms with Gasteiger partial charge in [0, 0.05) is 0 Å². The van der Waals surface area contributed by atoms with Gasteiger partial charge in [-0.25, -0.2) is 13.8 Å². The van der Waals surface area contributed by atoms with E-state index in [0.717, 1.165) is 0 Å². The maximum absolute atomic E-state index is 12.2. The van der Waals surface area contributed by atoms with E-state index in [-0.39, 0.29) is 0 Å². The first-order valence-corrected chi connectivity index (χ1v) is 4.27. The topological polar surface area (TPSA) is 33.1 Å². The van der Waals surface area contributed by atoms with Crippen molar-refractivity contribution < 1.29 is 27.1 Å². The quantitative estimate of drug-likeness (QED) is 0.634. The van der Waals surface area contributed by atoms with E-state index in [2.05, 4.69) is 20.9 Å². The number of aromatic hydroxyl groups is 1. The molecule has 0 amide bonds. The lowest BCUT2D eigenvalue weighted by Gasteiger charge is -2.11. The molecule has 0 fully saturated rings. The van der Waals surface area contributed by atoms with Crippen molar-refractivity contribution >= 4 is 15.9 Å². The Labute approximate surface area is 88.9 Å². The lowest BCUT2D eigenvalue weighted by Crippen LogP contribution is -2.08. The van der Waals surface area contributed by atoms with Crippen LogP contribution in [0.2, 0.25) is 0 Å². The number of pyridine rings is 1. The summed E-state index contributed by atoms with van der Waals surface area (Å²) in [6.45, 7) is 0. The van der Waals surface area contributed by atoms with Crippen LogP contribution in [-0.4, -0.2) is 10.1 Å². The Balaban J connectivity index is 3.42. The molecular weight excluding hydrogens is 289 g/mol. The van der Waals surface area contributed by atoms with Gasteiger partial charge in [-0.05, 0) is 22.0 Å². The molecule has 0 aromatic carbocycles. The van der Waals surface area contributed by atoms with Crippen molar-refractivity contribution in [2.24, 2.45) is 0 Å². The Morgan fingerprint density at radius 1 is 1.33 bits per heavy atom. The second-order valence-corrected chi connectivity index (χ2v) is 3.34. The summed E-state index contributed by atoms with van der Waals surface area (Å²) in [6.07, 6.45) is -8.18. The normalized spacial score (nSPS) is 12.2. The fourth-order valence-electron chi connectivity index (χ4n) is 0.894. The molecule has 0 aliphatic rings. The summed E-state index contributed by atoms with van der Waals surface area (Å²) in [7, 11) is 0. The van der Waals surface area contributed by atoms with Gasteiger partial charge < -0.3 is 5.11 Å². The summed E-state index contributed by atoms with van der Waals surface area (Å²) in [4.78, 5) is 3.06. The van der Waals surface area contributed by atoms with Crippen LogP contribution in [-0.2, 0) is 6.18 Å². The van der Waals surface area contributed by atoms with Gasteiger partial charge in [-0.3, -0.25) is 0 Å². The first kappa shape index (κ1) is 12.2. The van der Waals surface area contributed by atoms with Crippen molar-refractivity contribution in [2.75, 3.05) is 0 Å². The fraction of sp³-hybridized carbons (Fsp3) is 0.286. The number of halogens is 6. The monoisotopic (exact) mass is 291 g/mol. The predicted molar refractivity (Wildman–Crippen MR) is 43.6 cm³/mol. The molecule has 0 saturated heterocycles. The molecule has 0 unspecified atom stereocenters. The zero-order chi connectivity index (χ0) is 11.8. The molecule has 1 aromatic rings. The molecule has 0 radical (unpaired) electrons. The summed E-state index contributed by atoms with van der Waals surface area (Å²) < 4.78 is 60.6. The molecular formula is C7H3BrF5NO. The zero-order valence-electron chi connectivity index (χ0n) is 6.82. The molecule has 1 N–H and O–H groups in total. The number of rotatable bonds is 1. The van der Waals surface area contributed by atoms with Crippen molar-refractivity contribution in [1.29, 1.82) is 0 Å². The highest BCUT2D eigenvalue weighted by Gasteiger charge is 2.37. The van der Waals surface area contributed by atoms with Crippen LogP contribution in [0.25, 0.3) is 0 Å². The lowest BCUT2D eigenvalue weighted by atomic mass is 10.2. The first-order valence-electron chi connectivity index (χ1n) is 3.48. The van der Waals surface area contributed by atoms with E-state index in [9.17, 15) is 22.0 Å². The molecule has 0 bridgehead atoms. The first-order chi connectivity index (χ1) is 6.73. The van der Waals surface area contributed by atoms with Crippen molar-refractivity contribution in [2.45, 2.75) is 12.6 Å². The van der Waals surface area contributed by atoms with Gasteiger partial charge >= 0.3 is 6.18 Å². The summed E-state index contributed by atoms with van der Waals surface area (Å²) in [6, 6.07) is 0.432. The molecule has 84 valence electrons. The second kappa shape index (κ2) is 3.92. The van der Waals surface area contributed by atoms with Gasteiger partial charge in [-0.1, -0.05) is 0 Å². The standard InChI is InChI=1S/C7H3BrF5NO/c8-3-1-2(7(11,12)13)5(15)4(14-3)6(9)10/h1,6,15H. The van der Waals surface area contributed by atoms with Crippen LogP contribution in [0, 0.1) is 0 Å². The van der Waals surface area contributed by atoms with E-state index in [1.807, 2.05) is 0 Å². The van der Waals surface area contributed by atoms with Crippen molar-refractivity contribution in [3.63, 3.8) is 0 Å². The lowest BCUT2D eigenvalue weighted by molar-refractivity contribution is -0.139. The zero-order valence-corrected chi connectivity index (χ0v) is 8.40. The van der Waals surface area contributed by atoms with Gasteiger partial charge in [0.25, 0.3) is 6.43 Å². The van der Waals surface area contributed by atoms with E-state index in [1.165, 1.54) is 0 Å². The Hall–Kier alpha value is -0.920. The van der Waals surface area contributed by atoms with E-state index in [0.29, 0.717) is 6.07 Å². The molecule has 0 saturated carbocycles. The maximum atomic E-state index is 12.2. The van der Waals surface area contributed by atoms with Crippen LogP contribution in [0.3, 0.4) is 0 Å². The Morgan fingerprint density at radius 2 is 1.87 bits per heavy atom. The summed E-state index contributed by atoms with van der Waals surface area (Å²) in [5.74, 6) is -1.54. The Morgan fingerprint density at radius 3 is 2.27 bits per heavy atom. The number of aromatic nitrogens is 1. The third-order valence-electron chi connectivity index (χ3n) is 1.50. The molecule has 1 rings (SSSR count). The van der Waals surface area contributed by atoms with Gasteiger partial charge in [0.15, 0.2) is 5.75 Å². The van der Waals surface area contributed by atoms with Gasteiger partial charge in [-0.2, -0.15) is 13.2 Å². The minimum Gasteiger partial charge on any atom is -0.505 e. The molecule has 1 heterocycles. The van der Waals surface area contributed by atoms with Crippen LogP contribution in [0.4, 0.5) is 22.0 Å². The number of nitrogens with zero attached hydrogens (tertiary/aromatic N) is 1. The molecule has 0 atom stereocenters. The predicted octanol–water partition coefficient (Wildman–Crippen LogP) is 3.51. The minimum absolute atomic E-state index is 0.414. The molecule has 0 aliphatic heterocycles. The van der Waals surface area contributed by atoms with E-state index >= 15 is 0 Å². The molecule has 0 aliphatic carbocycles. The minimum atomic E-state index is -4.90. The highest BCUT2D eigenvalue weighted by atomic mass is 79.9. The average Bonchev–Trinajstić information content (AvgIpc) is 2.06. The van der Waals surface area contributed by atoms with E-state index in [1.54, 1.807) is 0 Å². The van der Waals surface area contributed by atoms with Crippen molar-refractivity contribution in [3.05, 3.63) is 21.9 Å². The number of alkyl halides is 5. The molecule has 2 nitrogen and oxygen atoms in total. The second-order valence-electron chi connectivity index (χ2n) is 2.52. The number of hydrogen-bond donors (Lipinski definition) is 1. The highest BCUT2D eigenvalue weighted by Crippen LogP contribution is 2.40. The molecule has 1 aromatic heterocycles. The van der Waals surface area contributed by atoms with Crippen LogP contribution < -0.4 is 0 Å². The van der Waals surface area contributed by atoms with Crippen LogP contribution in [0.1, 0.15) is 17.7 Å². The fourth-order valence-corrected chi connectivity index (χ4v) is 1.31. The van der Waals surface area contributed by atoms with E-state index in [4.69, 9.17) is 5.11 Å². The van der Waals surface area contributed by atoms with E-state index < -0.39 is 34.2 Å². The SMILES string of the molecule is Oc1c(C(F)(F)F)cc(Br)nc1C(F)F. The molecule has 0 spiro atoms. The average molecular weight is 292 g/mol. The van der Waals surface area contributed by atoms with Crippen LogP contribution in [0.5, 0.6) is 5.75 Å². The maximum Gasteiger partial charge on any atom is 0.420 e. The number of hydrogen-bond acceptors (Lipinski definition) is 2. The van der Waals surface area contributed by atoms with Crippen LogP contribution >= 0.6 is 15.9 Å². The van der Waals surface area contributed by atoms with Gasteiger partial charge in [0.05, 0.1) is 0 Å². The van der Waals surface area contributed by atoms with Gasteiger partial charge in [0.2, 0.25) is 0 Å². The Kier molecular flexibility index (Phi) is 3.17. The van der Waals surface area contributed by atoms with Crippen molar-refractivity contribution in [1.82, 2.24) is 4.98 Å². The third-order valence-corrected chi connectivity index (χ3v) is 1.91. The van der Waals surface area contributed by atoms with Crippen molar-refractivity contribution in [3.8, 4) is 5.75 Å². The largest absolute Gasteiger partial charge is 0.505 e. The van der Waals surface area contributed by atoms with Gasteiger partial charge in [0.1, 0.15) is 15.9 Å². The highest BCUT2D eigenvalue weighted by molar-refractivity contribution is 9.10. The molecule has 8 heteroatoms. The smallest absolute Gasteiger partial charge is 0.420 e. The summed E-state index contributed by atoms with van der Waals surface area (Å²) in [5, 5.41) is 8.94. The molecule has 15 heavy (non-hydrogen) atoms. The third kappa shape index (κ3) is 2.55.